The molecule has 7 nitrogen and oxygen atoms in total. The van der Waals surface area contributed by atoms with Crippen LogP contribution < -0.4 is 20.3 Å². The lowest BCUT2D eigenvalue weighted by atomic mass is 10.2. The number of fused-ring (bicyclic) bond motifs is 2. The van der Waals surface area contributed by atoms with Crippen LogP contribution in [0.1, 0.15) is 0 Å². The lowest BCUT2D eigenvalue weighted by Gasteiger charge is -2.13. The normalized spacial score (nSPS) is 12.2. The Bertz CT molecular complexity index is 1410. The second kappa shape index (κ2) is 8.57. The van der Waals surface area contributed by atoms with Crippen LogP contribution >= 0.6 is 23.4 Å². The molecule has 0 aliphatic carbocycles. The fourth-order valence-corrected chi connectivity index (χ4v) is 4.35. The largest absolute Gasteiger partial charge is 0.454 e. The van der Waals surface area contributed by atoms with Crippen LogP contribution in [0.25, 0.3) is 16.6 Å². The third-order valence-corrected chi connectivity index (χ3v) is 5.97. The number of ether oxygens (including phenoxy) is 2. The van der Waals surface area contributed by atoms with E-state index in [1.165, 1.54) is 16.3 Å². The first kappa shape index (κ1) is 20.4. The molecule has 0 saturated heterocycles. The lowest BCUT2D eigenvalue weighted by Crippen LogP contribution is -2.23. The second-order valence-corrected chi connectivity index (χ2v) is 8.32. The number of hydrogen-bond acceptors (Lipinski definition) is 6. The fourth-order valence-electron chi connectivity index (χ4n) is 3.35. The molecule has 0 saturated carbocycles. The summed E-state index contributed by atoms with van der Waals surface area (Å²) in [5.41, 5.74) is 1.52. The number of aromatic nitrogens is 2. The Kier molecular flexibility index (Phi) is 5.46. The number of carbonyl (C=O) groups excluding carboxylic acids is 1. The van der Waals surface area contributed by atoms with Gasteiger partial charge in [0.15, 0.2) is 16.7 Å². The molecule has 0 spiro atoms. The summed E-state index contributed by atoms with van der Waals surface area (Å²) in [5.74, 6) is 1.04. The average molecular weight is 466 g/mol. The van der Waals surface area contributed by atoms with Crippen molar-refractivity contribution in [1.82, 2.24) is 9.55 Å². The summed E-state index contributed by atoms with van der Waals surface area (Å²) in [6.45, 7) is 0.164. The summed E-state index contributed by atoms with van der Waals surface area (Å²) in [7, 11) is 0. The molecule has 9 heteroatoms. The summed E-state index contributed by atoms with van der Waals surface area (Å²) < 4.78 is 12.1. The van der Waals surface area contributed by atoms with E-state index in [2.05, 4.69) is 10.3 Å². The van der Waals surface area contributed by atoms with Crippen LogP contribution in [-0.4, -0.2) is 28.0 Å². The van der Waals surface area contributed by atoms with Crippen molar-refractivity contribution < 1.29 is 14.3 Å². The molecule has 1 amide bonds. The molecule has 3 aromatic carbocycles. The minimum Gasteiger partial charge on any atom is -0.454 e. The van der Waals surface area contributed by atoms with Gasteiger partial charge in [-0.05, 0) is 42.5 Å². The molecule has 1 aromatic heterocycles. The van der Waals surface area contributed by atoms with Crippen LogP contribution in [0.3, 0.4) is 0 Å². The van der Waals surface area contributed by atoms with Gasteiger partial charge in [-0.2, -0.15) is 0 Å². The summed E-state index contributed by atoms with van der Waals surface area (Å²) in [4.78, 5) is 30.5. The smallest absolute Gasteiger partial charge is 0.266 e. The van der Waals surface area contributed by atoms with Crippen LogP contribution in [0.2, 0.25) is 5.02 Å². The molecule has 1 aliphatic rings. The number of benzene rings is 3. The zero-order valence-electron chi connectivity index (χ0n) is 16.6. The first-order valence-corrected chi connectivity index (χ1v) is 11.0. The molecule has 5 rings (SSSR count). The van der Waals surface area contributed by atoms with Gasteiger partial charge in [0, 0.05) is 16.8 Å². The molecule has 160 valence electrons. The summed E-state index contributed by atoms with van der Waals surface area (Å²) >= 11 is 7.32. The quantitative estimate of drug-likeness (QED) is 0.345. The third kappa shape index (κ3) is 4.02. The number of rotatable bonds is 5. The topological polar surface area (TPSA) is 82.5 Å². The van der Waals surface area contributed by atoms with Gasteiger partial charge in [0.2, 0.25) is 12.7 Å². The van der Waals surface area contributed by atoms with Crippen LogP contribution in [0, 0.1) is 0 Å². The van der Waals surface area contributed by atoms with Crippen LogP contribution in [0.5, 0.6) is 11.5 Å². The molecule has 0 unspecified atom stereocenters. The molecular formula is C23H16ClN3O4S. The number of anilines is 1. The molecule has 1 aliphatic heterocycles. The summed E-state index contributed by atoms with van der Waals surface area (Å²) in [6.07, 6.45) is 0. The van der Waals surface area contributed by atoms with E-state index in [1.807, 2.05) is 6.07 Å². The monoisotopic (exact) mass is 465 g/mol. The highest BCUT2D eigenvalue weighted by molar-refractivity contribution is 7.99. The van der Waals surface area contributed by atoms with Crippen molar-refractivity contribution in [3.8, 4) is 17.2 Å². The molecule has 32 heavy (non-hydrogen) atoms. The molecular weight excluding hydrogens is 450 g/mol. The van der Waals surface area contributed by atoms with E-state index in [1.54, 1.807) is 60.7 Å². The van der Waals surface area contributed by atoms with Crippen molar-refractivity contribution in [3.05, 3.63) is 82.1 Å². The SMILES string of the molecule is O=C(CSc1nc2ccccc2c(=O)n1-c1cccc(Cl)c1)Nc1ccc2c(c1)OCO2. The number of para-hydroxylation sites is 1. The van der Waals surface area contributed by atoms with Gasteiger partial charge in [0.1, 0.15) is 0 Å². The Morgan fingerprint density at radius 2 is 1.91 bits per heavy atom. The van der Waals surface area contributed by atoms with Gasteiger partial charge in [0.05, 0.1) is 22.3 Å². The van der Waals surface area contributed by atoms with E-state index in [0.717, 1.165) is 0 Å². The number of halogens is 1. The highest BCUT2D eigenvalue weighted by Crippen LogP contribution is 2.34. The van der Waals surface area contributed by atoms with Crippen LogP contribution in [0.4, 0.5) is 5.69 Å². The molecule has 0 radical (unpaired) electrons. The Balaban J connectivity index is 1.43. The summed E-state index contributed by atoms with van der Waals surface area (Å²) in [5, 5.41) is 4.22. The van der Waals surface area contributed by atoms with Crippen LogP contribution in [0.15, 0.2) is 76.7 Å². The molecule has 1 N–H and O–H groups in total. The van der Waals surface area contributed by atoms with E-state index < -0.39 is 0 Å². The van der Waals surface area contributed by atoms with Gasteiger partial charge in [0.25, 0.3) is 5.56 Å². The Hall–Kier alpha value is -3.49. The van der Waals surface area contributed by atoms with Gasteiger partial charge in [-0.1, -0.05) is 41.6 Å². The lowest BCUT2D eigenvalue weighted by molar-refractivity contribution is -0.113. The van der Waals surface area contributed by atoms with E-state index in [9.17, 15) is 9.59 Å². The molecule has 4 aromatic rings. The van der Waals surface area contributed by atoms with E-state index >= 15 is 0 Å². The molecule has 0 atom stereocenters. The molecule has 0 fully saturated rings. The van der Waals surface area contributed by atoms with Crippen molar-refractivity contribution in [1.29, 1.82) is 0 Å². The maximum absolute atomic E-state index is 13.2. The molecule has 0 bridgehead atoms. The third-order valence-electron chi connectivity index (χ3n) is 4.80. The first-order valence-electron chi connectivity index (χ1n) is 9.68. The van der Waals surface area contributed by atoms with E-state index in [-0.39, 0.29) is 24.0 Å². The number of nitrogens with zero attached hydrogens (tertiary/aromatic N) is 2. The summed E-state index contributed by atoms with van der Waals surface area (Å²) in [6, 6.07) is 19.3. The van der Waals surface area contributed by atoms with Gasteiger partial charge in [-0.25, -0.2) is 4.98 Å². The number of nitrogens with one attached hydrogen (secondary N) is 1. The zero-order valence-corrected chi connectivity index (χ0v) is 18.2. The van der Waals surface area contributed by atoms with Crippen molar-refractivity contribution >= 4 is 45.9 Å². The number of thioether (sulfide) groups is 1. The minimum atomic E-state index is -0.242. The Labute approximate surface area is 191 Å². The number of carbonyl (C=O) groups is 1. The maximum Gasteiger partial charge on any atom is 0.266 e. The van der Waals surface area contributed by atoms with Gasteiger partial charge in [-0.15, -0.1) is 0 Å². The second-order valence-electron chi connectivity index (χ2n) is 6.94. The zero-order chi connectivity index (χ0) is 22.1. The van der Waals surface area contributed by atoms with Crippen molar-refractivity contribution in [3.63, 3.8) is 0 Å². The van der Waals surface area contributed by atoms with Gasteiger partial charge >= 0.3 is 0 Å². The van der Waals surface area contributed by atoms with Crippen molar-refractivity contribution in [2.75, 3.05) is 17.9 Å². The number of hydrogen-bond donors (Lipinski definition) is 1. The predicted octanol–water partition coefficient (Wildman–Crippen LogP) is 4.50. The van der Waals surface area contributed by atoms with Gasteiger partial charge in [-0.3, -0.25) is 14.2 Å². The van der Waals surface area contributed by atoms with Crippen molar-refractivity contribution in [2.45, 2.75) is 5.16 Å². The average Bonchev–Trinajstić information content (AvgIpc) is 3.26. The van der Waals surface area contributed by atoms with Gasteiger partial charge < -0.3 is 14.8 Å². The molecule has 2 heterocycles. The number of amides is 1. The highest BCUT2D eigenvalue weighted by Gasteiger charge is 2.17. The first-order chi connectivity index (χ1) is 15.6. The minimum absolute atomic E-state index is 0.0553. The Morgan fingerprint density at radius 1 is 1.06 bits per heavy atom. The predicted molar refractivity (Wildman–Crippen MR) is 124 cm³/mol. The fraction of sp³-hybridized carbons (Fsp3) is 0.0870. The highest BCUT2D eigenvalue weighted by atomic mass is 35.5. The maximum atomic E-state index is 13.2. The van der Waals surface area contributed by atoms with Crippen molar-refractivity contribution in [2.24, 2.45) is 0 Å². The van der Waals surface area contributed by atoms with Crippen LogP contribution in [-0.2, 0) is 4.79 Å². The Morgan fingerprint density at radius 3 is 2.78 bits per heavy atom. The van der Waals surface area contributed by atoms with E-state index in [4.69, 9.17) is 21.1 Å². The standard InChI is InChI=1S/C23H16ClN3O4S/c24-14-4-3-5-16(10-14)27-22(29)17-6-1-2-7-18(17)26-23(27)32-12-21(28)25-15-8-9-19-20(11-15)31-13-30-19/h1-11H,12-13H2,(H,25,28). The van der Waals surface area contributed by atoms with E-state index in [0.29, 0.717) is 44.0 Å².